The Morgan fingerprint density at radius 1 is 1.00 bits per heavy atom. The van der Waals surface area contributed by atoms with Crippen LogP contribution in [0.25, 0.3) is 0 Å². The summed E-state index contributed by atoms with van der Waals surface area (Å²) in [6.45, 7) is -0.283. The van der Waals surface area contributed by atoms with Crippen molar-refractivity contribution in [2.75, 3.05) is 6.54 Å². The number of thiophene rings is 1. The van der Waals surface area contributed by atoms with Crippen LogP contribution in [0.2, 0.25) is 5.02 Å². The van der Waals surface area contributed by atoms with Crippen LogP contribution in [-0.4, -0.2) is 24.3 Å². The van der Waals surface area contributed by atoms with Crippen molar-refractivity contribution in [3.63, 3.8) is 0 Å². The van der Waals surface area contributed by atoms with Gasteiger partial charge in [0, 0.05) is 0 Å². The van der Waals surface area contributed by atoms with E-state index in [-0.39, 0.29) is 12.1 Å². The van der Waals surface area contributed by atoms with E-state index >= 15 is 0 Å². The summed E-state index contributed by atoms with van der Waals surface area (Å²) in [6.07, 6.45) is 0. The third-order valence-corrected chi connectivity index (χ3v) is 3.79. The highest BCUT2D eigenvalue weighted by atomic mass is 35.5. The van der Waals surface area contributed by atoms with Gasteiger partial charge in [-0.2, -0.15) is 0 Å². The van der Waals surface area contributed by atoms with E-state index < -0.39 is 17.7 Å². The van der Waals surface area contributed by atoms with Crippen molar-refractivity contribution in [2.24, 2.45) is 0 Å². The second kappa shape index (κ2) is 7.58. The molecule has 114 valence electrons. The SMILES string of the molecule is O=C(CNC(=O)c1ccccc1Cl)NNC(=O)c1cccs1. The maximum atomic E-state index is 11.8. The predicted octanol–water partition coefficient (Wildman–Crippen LogP) is 1.59. The van der Waals surface area contributed by atoms with E-state index in [0.717, 1.165) is 0 Å². The van der Waals surface area contributed by atoms with E-state index in [0.29, 0.717) is 9.90 Å². The molecule has 0 aliphatic rings. The minimum absolute atomic E-state index is 0.277. The van der Waals surface area contributed by atoms with Gasteiger partial charge in [-0.05, 0) is 23.6 Å². The van der Waals surface area contributed by atoms with Crippen LogP contribution < -0.4 is 16.2 Å². The van der Waals surface area contributed by atoms with Gasteiger partial charge >= 0.3 is 0 Å². The first kappa shape index (κ1) is 16.0. The molecule has 2 rings (SSSR count). The Bertz CT molecular complexity index is 688. The van der Waals surface area contributed by atoms with Gasteiger partial charge in [0.15, 0.2) is 0 Å². The molecule has 0 atom stereocenters. The molecule has 2 aromatic rings. The Morgan fingerprint density at radius 2 is 1.77 bits per heavy atom. The number of halogens is 1. The monoisotopic (exact) mass is 337 g/mol. The molecular formula is C14H12ClN3O3S. The molecule has 0 aliphatic carbocycles. The quantitative estimate of drug-likeness (QED) is 0.740. The third-order valence-electron chi connectivity index (χ3n) is 2.59. The number of hydrazine groups is 1. The van der Waals surface area contributed by atoms with Gasteiger partial charge in [-0.3, -0.25) is 25.2 Å². The van der Waals surface area contributed by atoms with Crippen LogP contribution in [0, 0.1) is 0 Å². The molecular weight excluding hydrogens is 326 g/mol. The van der Waals surface area contributed by atoms with Crippen LogP contribution in [0.15, 0.2) is 41.8 Å². The van der Waals surface area contributed by atoms with Gasteiger partial charge in [0.25, 0.3) is 17.7 Å². The number of hydrogen-bond acceptors (Lipinski definition) is 4. The molecule has 0 fully saturated rings. The number of amides is 3. The Kier molecular flexibility index (Phi) is 5.51. The zero-order valence-corrected chi connectivity index (χ0v) is 12.8. The molecule has 8 heteroatoms. The molecule has 6 nitrogen and oxygen atoms in total. The third kappa shape index (κ3) is 4.31. The summed E-state index contributed by atoms with van der Waals surface area (Å²) in [4.78, 5) is 35.5. The van der Waals surface area contributed by atoms with Crippen molar-refractivity contribution in [3.05, 3.63) is 57.2 Å². The van der Waals surface area contributed by atoms with Crippen LogP contribution in [0.1, 0.15) is 20.0 Å². The average molecular weight is 338 g/mol. The minimum atomic E-state index is -0.551. The highest BCUT2D eigenvalue weighted by molar-refractivity contribution is 7.12. The first-order valence-corrected chi connectivity index (χ1v) is 7.49. The lowest BCUT2D eigenvalue weighted by molar-refractivity contribution is -0.120. The van der Waals surface area contributed by atoms with E-state index in [1.54, 1.807) is 41.8 Å². The lowest BCUT2D eigenvalue weighted by Gasteiger charge is -2.08. The number of benzene rings is 1. The van der Waals surface area contributed by atoms with Crippen molar-refractivity contribution in [3.8, 4) is 0 Å². The Labute approximate surface area is 135 Å². The standard InChI is InChI=1S/C14H12ClN3O3S/c15-10-5-2-1-4-9(10)13(20)16-8-12(19)17-18-14(21)11-6-3-7-22-11/h1-7H,8H2,(H,16,20)(H,17,19)(H,18,21). The van der Waals surface area contributed by atoms with E-state index in [2.05, 4.69) is 16.2 Å². The van der Waals surface area contributed by atoms with Gasteiger partial charge in [0.2, 0.25) is 0 Å². The number of nitrogens with one attached hydrogen (secondary N) is 3. The van der Waals surface area contributed by atoms with Gasteiger partial charge in [-0.25, -0.2) is 0 Å². The number of carbonyl (C=O) groups is 3. The van der Waals surface area contributed by atoms with Gasteiger partial charge in [0.05, 0.1) is 22.0 Å². The lowest BCUT2D eigenvalue weighted by atomic mass is 10.2. The van der Waals surface area contributed by atoms with Crippen molar-refractivity contribution < 1.29 is 14.4 Å². The van der Waals surface area contributed by atoms with Gasteiger partial charge in [0.1, 0.15) is 0 Å². The van der Waals surface area contributed by atoms with Crippen LogP contribution in [0.4, 0.5) is 0 Å². The molecule has 3 amide bonds. The minimum Gasteiger partial charge on any atom is -0.343 e. The molecule has 0 saturated heterocycles. The fourth-order valence-electron chi connectivity index (χ4n) is 1.54. The smallest absolute Gasteiger partial charge is 0.279 e. The van der Waals surface area contributed by atoms with Crippen LogP contribution >= 0.6 is 22.9 Å². The highest BCUT2D eigenvalue weighted by Crippen LogP contribution is 2.14. The molecule has 0 aliphatic heterocycles. The van der Waals surface area contributed by atoms with Crippen LogP contribution in [-0.2, 0) is 4.79 Å². The summed E-state index contributed by atoms with van der Waals surface area (Å²) in [5.41, 5.74) is 4.74. The first-order valence-electron chi connectivity index (χ1n) is 6.23. The van der Waals surface area contributed by atoms with Crippen LogP contribution in [0.3, 0.4) is 0 Å². The maximum Gasteiger partial charge on any atom is 0.279 e. The van der Waals surface area contributed by atoms with E-state index in [9.17, 15) is 14.4 Å². The molecule has 0 spiro atoms. The molecule has 0 unspecified atom stereocenters. The topological polar surface area (TPSA) is 87.3 Å². The number of carbonyl (C=O) groups excluding carboxylic acids is 3. The van der Waals surface area contributed by atoms with Crippen molar-refractivity contribution in [1.82, 2.24) is 16.2 Å². The van der Waals surface area contributed by atoms with Gasteiger partial charge < -0.3 is 5.32 Å². The summed E-state index contributed by atoms with van der Waals surface area (Å²) in [5.74, 6) is -1.43. The Balaban J connectivity index is 1.77. The Hall–Kier alpha value is -2.38. The average Bonchev–Trinajstić information content (AvgIpc) is 3.05. The summed E-state index contributed by atoms with van der Waals surface area (Å²) in [5, 5.41) is 4.46. The van der Waals surface area contributed by atoms with Crippen molar-refractivity contribution in [1.29, 1.82) is 0 Å². The fourth-order valence-corrected chi connectivity index (χ4v) is 2.38. The van der Waals surface area contributed by atoms with E-state index in [4.69, 9.17) is 11.6 Å². The van der Waals surface area contributed by atoms with E-state index in [1.165, 1.54) is 11.3 Å². The highest BCUT2D eigenvalue weighted by Gasteiger charge is 2.12. The summed E-state index contributed by atoms with van der Waals surface area (Å²) < 4.78 is 0. The van der Waals surface area contributed by atoms with Crippen molar-refractivity contribution in [2.45, 2.75) is 0 Å². The summed E-state index contributed by atoms with van der Waals surface area (Å²) in [6, 6.07) is 9.86. The predicted molar refractivity (Wildman–Crippen MR) is 83.7 cm³/mol. The molecule has 1 aromatic heterocycles. The Morgan fingerprint density at radius 3 is 2.45 bits per heavy atom. The summed E-state index contributed by atoms with van der Waals surface area (Å²) >= 11 is 7.13. The summed E-state index contributed by atoms with van der Waals surface area (Å²) in [7, 11) is 0. The van der Waals surface area contributed by atoms with Gasteiger partial charge in [-0.1, -0.05) is 29.8 Å². The number of hydrogen-bond donors (Lipinski definition) is 3. The molecule has 1 heterocycles. The molecule has 0 radical (unpaired) electrons. The second-order valence-electron chi connectivity index (χ2n) is 4.14. The van der Waals surface area contributed by atoms with E-state index in [1.807, 2.05) is 0 Å². The van der Waals surface area contributed by atoms with Crippen molar-refractivity contribution >= 4 is 40.7 Å². The number of rotatable bonds is 4. The maximum absolute atomic E-state index is 11.8. The molecule has 0 bridgehead atoms. The zero-order chi connectivity index (χ0) is 15.9. The molecule has 3 N–H and O–H groups in total. The lowest BCUT2D eigenvalue weighted by Crippen LogP contribution is -2.46. The van der Waals surface area contributed by atoms with Gasteiger partial charge in [-0.15, -0.1) is 11.3 Å². The van der Waals surface area contributed by atoms with Crippen LogP contribution in [0.5, 0.6) is 0 Å². The zero-order valence-electron chi connectivity index (χ0n) is 11.3. The normalized spacial score (nSPS) is 9.86. The first-order chi connectivity index (χ1) is 10.6. The molecule has 1 aromatic carbocycles. The molecule has 22 heavy (non-hydrogen) atoms. The second-order valence-corrected chi connectivity index (χ2v) is 5.50. The molecule has 0 saturated carbocycles. The largest absolute Gasteiger partial charge is 0.343 e. The fraction of sp³-hybridized carbons (Fsp3) is 0.0714.